The smallest absolute Gasteiger partial charge is 0.232 e. The molecule has 2 aromatic heterocycles. The van der Waals surface area contributed by atoms with E-state index in [9.17, 15) is 0 Å². The van der Waals surface area contributed by atoms with E-state index in [1.54, 1.807) is 20.3 Å². The number of ether oxygens (including phenoxy) is 2. The Morgan fingerprint density at radius 1 is 0.966 bits per heavy atom. The summed E-state index contributed by atoms with van der Waals surface area (Å²) in [4.78, 5) is 17.0. The van der Waals surface area contributed by atoms with E-state index in [4.69, 9.17) is 9.47 Å². The van der Waals surface area contributed by atoms with E-state index < -0.39 is 0 Å². The second-order valence-electron chi connectivity index (χ2n) is 7.40. The van der Waals surface area contributed by atoms with Crippen LogP contribution in [0.2, 0.25) is 0 Å². The summed E-state index contributed by atoms with van der Waals surface area (Å²) in [6.45, 7) is 5.02. The number of aromatic nitrogens is 3. The third kappa shape index (κ3) is 4.62. The van der Waals surface area contributed by atoms with Gasteiger partial charge in [-0.15, -0.1) is 0 Å². The van der Waals surface area contributed by atoms with Crippen molar-refractivity contribution < 1.29 is 9.47 Å². The molecule has 0 bridgehead atoms. The first-order valence-electron chi connectivity index (χ1n) is 10.3. The van der Waals surface area contributed by atoms with Crippen LogP contribution in [0.15, 0.2) is 36.5 Å². The maximum Gasteiger partial charge on any atom is 0.232 e. The van der Waals surface area contributed by atoms with Crippen LogP contribution in [-0.4, -0.2) is 66.8 Å². The highest BCUT2D eigenvalue weighted by atomic mass is 16.5. The molecule has 154 valence electrons. The lowest BCUT2D eigenvalue weighted by molar-refractivity contribution is 0.251. The van der Waals surface area contributed by atoms with Crippen LogP contribution in [0, 0.1) is 0 Å². The van der Waals surface area contributed by atoms with Crippen molar-refractivity contribution in [2.24, 2.45) is 0 Å². The Kier molecular flexibility index (Phi) is 6.14. The highest BCUT2D eigenvalue weighted by Gasteiger charge is 2.20. The van der Waals surface area contributed by atoms with Crippen molar-refractivity contribution in [1.82, 2.24) is 19.9 Å². The lowest BCUT2D eigenvalue weighted by atomic mass is 10.1. The van der Waals surface area contributed by atoms with Gasteiger partial charge in [-0.1, -0.05) is 18.2 Å². The number of aromatic amines is 1. The van der Waals surface area contributed by atoms with Crippen LogP contribution in [0.25, 0.3) is 10.9 Å². The third-order valence-corrected chi connectivity index (χ3v) is 5.59. The van der Waals surface area contributed by atoms with Crippen molar-refractivity contribution in [3.8, 4) is 11.8 Å². The predicted molar refractivity (Wildman–Crippen MR) is 115 cm³/mol. The van der Waals surface area contributed by atoms with Crippen LogP contribution in [0.3, 0.4) is 0 Å². The fraction of sp³-hybridized carbons (Fsp3) is 0.455. The zero-order valence-electron chi connectivity index (χ0n) is 17.2. The largest absolute Gasteiger partial charge is 0.481 e. The van der Waals surface area contributed by atoms with E-state index in [2.05, 4.69) is 55.2 Å². The molecule has 4 rings (SSSR count). The van der Waals surface area contributed by atoms with Gasteiger partial charge in [0.15, 0.2) is 0 Å². The molecule has 1 aliphatic heterocycles. The van der Waals surface area contributed by atoms with Gasteiger partial charge in [-0.25, -0.2) is 0 Å². The third-order valence-electron chi connectivity index (χ3n) is 5.59. The molecule has 0 aliphatic carbocycles. The van der Waals surface area contributed by atoms with Gasteiger partial charge in [0.25, 0.3) is 0 Å². The Hall–Kier alpha value is -2.80. The fourth-order valence-corrected chi connectivity index (χ4v) is 3.90. The zero-order chi connectivity index (χ0) is 20.1. The lowest BCUT2D eigenvalue weighted by Gasteiger charge is -2.34. The molecule has 0 atom stereocenters. The number of hydrogen-bond acceptors (Lipinski definition) is 6. The van der Waals surface area contributed by atoms with Gasteiger partial charge in [0.2, 0.25) is 17.7 Å². The topological polar surface area (TPSA) is 66.5 Å². The van der Waals surface area contributed by atoms with Crippen molar-refractivity contribution in [2.45, 2.75) is 19.3 Å². The summed E-state index contributed by atoms with van der Waals surface area (Å²) in [5.41, 5.74) is 2.66. The van der Waals surface area contributed by atoms with Gasteiger partial charge in [-0.3, -0.25) is 4.90 Å². The average Bonchev–Trinajstić information content (AvgIpc) is 3.20. The first-order chi connectivity index (χ1) is 14.3. The number of unbranched alkanes of at least 4 members (excludes halogenated alkanes) is 1. The molecule has 7 heteroatoms. The van der Waals surface area contributed by atoms with Crippen molar-refractivity contribution >= 4 is 16.9 Å². The van der Waals surface area contributed by atoms with Crippen molar-refractivity contribution in [1.29, 1.82) is 0 Å². The van der Waals surface area contributed by atoms with Gasteiger partial charge >= 0.3 is 0 Å². The Morgan fingerprint density at radius 2 is 1.69 bits per heavy atom. The summed E-state index contributed by atoms with van der Waals surface area (Å²) < 4.78 is 10.5. The molecule has 1 aromatic carbocycles. The first-order valence-corrected chi connectivity index (χ1v) is 10.3. The highest BCUT2D eigenvalue weighted by Crippen LogP contribution is 2.22. The Balaban J connectivity index is 1.23. The molecule has 1 fully saturated rings. The van der Waals surface area contributed by atoms with Crippen LogP contribution in [0.1, 0.15) is 18.4 Å². The first kappa shape index (κ1) is 19.5. The summed E-state index contributed by atoms with van der Waals surface area (Å²) in [6.07, 6.45) is 5.70. The molecule has 0 saturated carbocycles. The second-order valence-corrected chi connectivity index (χ2v) is 7.40. The number of fused-ring (bicyclic) bond motifs is 1. The van der Waals surface area contributed by atoms with Crippen molar-refractivity contribution in [3.05, 3.63) is 42.1 Å². The molecule has 0 unspecified atom stereocenters. The quantitative estimate of drug-likeness (QED) is 0.591. The monoisotopic (exact) mass is 395 g/mol. The molecule has 3 heterocycles. The molecule has 0 amide bonds. The lowest BCUT2D eigenvalue weighted by Crippen LogP contribution is -2.47. The summed E-state index contributed by atoms with van der Waals surface area (Å²) in [5, 5.41) is 1.36. The average molecular weight is 396 g/mol. The van der Waals surface area contributed by atoms with E-state index in [1.165, 1.54) is 29.3 Å². The number of para-hydroxylation sites is 1. The van der Waals surface area contributed by atoms with Gasteiger partial charge in [0.05, 0.1) is 20.3 Å². The summed E-state index contributed by atoms with van der Waals surface area (Å²) >= 11 is 0. The molecule has 1 N–H and O–H groups in total. The van der Waals surface area contributed by atoms with Gasteiger partial charge in [0.1, 0.15) is 0 Å². The summed E-state index contributed by atoms with van der Waals surface area (Å²) in [7, 11) is 3.22. The highest BCUT2D eigenvalue weighted by molar-refractivity contribution is 5.82. The number of methoxy groups -OCH3 is 2. The molecule has 1 aliphatic rings. The van der Waals surface area contributed by atoms with Gasteiger partial charge < -0.3 is 19.4 Å². The van der Waals surface area contributed by atoms with Crippen LogP contribution in [0.4, 0.5) is 5.95 Å². The summed E-state index contributed by atoms with van der Waals surface area (Å²) in [6, 6.07) is 10.2. The number of H-pyrrole nitrogens is 1. The number of hydrogen-bond donors (Lipinski definition) is 1. The molecule has 0 spiro atoms. The Bertz CT molecular complexity index is 912. The van der Waals surface area contributed by atoms with E-state index in [0.29, 0.717) is 17.7 Å². The molecule has 29 heavy (non-hydrogen) atoms. The molecule has 0 radical (unpaired) electrons. The zero-order valence-corrected chi connectivity index (χ0v) is 17.2. The number of aryl methyl sites for hydroxylation is 1. The Morgan fingerprint density at radius 3 is 2.41 bits per heavy atom. The maximum absolute atomic E-state index is 5.26. The number of nitrogens with zero attached hydrogens (tertiary/aromatic N) is 4. The molecule has 7 nitrogen and oxygen atoms in total. The second kappa shape index (κ2) is 9.13. The van der Waals surface area contributed by atoms with Crippen LogP contribution < -0.4 is 14.4 Å². The van der Waals surface area contributed by atoms with E-state index in [-0.39, 0.29) is 0 Å². The molecular weight excluding hydrogens is 366 g/mol. The van der Waals surface area contributed by atoms with Gasteiger partial charge in [-0.2, -0.15) is 9.97 Å². The minimum Gasteiger partial charge on any atom is -0.481 e. The summed E-state index contributed by atoms with van der Waals surface area (Å²) in [5.74, 6) is 1.75. The minimum atomic E-state index is 0.534. The predicted octanol–water partition coefficient (Wildman–Crippen LogP) is 3.12. The van der Waals surface area contributed by atoms with Gasteiger partial charge in [-0.05, 0) is 37.4 Å². The van der Waals surface area contributed by atoms with Crippen molar-refractivity contribution in [3.63, 3.8) is 0 Å². The standard InChI is InChI=1S/C22H29N5O2/c1-28-20-15-21(29-2)25-22(24-20)27-13-11-26(12-14-27)10-6-5-7-17-16-23-19-9-4-3-8-18(17)19/h3-4,8-9,15-16,23H,5-7,10-14H2,1-2H3. The maximum atomic E-state index is 5.26. The SMILES string of the molecule is COc1cc(OC)nc(N2CCN(CCCCc3c[nH]c4ccccc34)CC2)n1. The molecular formula is C22H29N5O2. The number of rotatable bonds is 8. The van der Waals surface area contributed by atoms with Crippen LogP contribution in [0.5, 0.6) is 11.8 Å². The minimum absolute atomic E-state index is 0.534. The van der Waals surface area contributed by atoms with E-state index in [0.717, 1.165) is 39.1 Å². The van der Waals surface area contributed by atoms with Crippen LogP contribution >= 0.6 is 0 Å². The molecule has 1 saturated heterocycles. The van der Waals surface area contributed by atoms with Gasteiger partial charge in [0, 0.05) is 43.3 Å². The number of anilines is 1. The van der Waals surface area contributed by atoms with E-state index in [1.807, 2.05) is 0 Å². The number of nitrogens with one attached hydrogen (secondary N) is 1. The Labute approximate surface area is 171 Å². The van der Waals surface area contributed by atoms with Crippen molar-refractivity contribution in [2.75, 3.05) is 51.8 Å². The van der Waals surface area contributed by atoms with Crippen LogP contribution in [-0.2, 0) is 6.42 Å². The molecule has 3 aromatic rings. The number of piperazine rings is 1. The fourth-order valence-electron chi connectivity index (χ4n) is 3.90. The normalized spacial score (nSPS) is 15.0. The van der Waals surface area contributed by atoms with E-state index >= 15 is 0 Å². The number of benzene rings is 1.